The minimum absolute atomic E-state index is 0.0130. The minimum Gasteiger partial charge on any atom is -0.386 e. The van der Waals surface area contributed by atoms with E-state index in [1.807, 2.05) is 0 Å². The SMILES string of the molecule is C=C[C@]1(O)CC[C@@]2(C)[C@@H](CC[C@@H]3[C@H]4CCC(=O)[C@@]4(C)CC[C@@H]32)C1. The average Bonchev–Trinajstić information content (AvgIpc) is 2.84. The van der Waals surface area contributed by atoms with Crippen molar-refractivity contribution >= 4 is 5.78 Å². The van der Waals surface area contributed by atoms with E-state index in [4.69, 9.17) is 0 Å². The molecule has 1 N–H and O–H groups in total. The number of aliphatic hydroxyl groups is 1. The van der Waals surface area contributed by atoms with Crippen molar-refractivity contribution < 1.29 is 9.90 Å². The zero-order chi connectivity index (χ0) is 16.5. The molecule has 0 saturated heterocycles. The van der Waals surface area contributed by atoms with Crippen LogP contribution in [0.3, 0.4) is 0 Å². The molecule has 4 fully saturated rings. The van der Waals surface area contributed by atoms with E-state index < -0.39 is 5.60 Å². The number of hydrogen-bond donors (Lipinski definition) is 1. The number of fused-ring (bicyclic) bond motifs is 5. The van der Waals surface area contributed by atoms with Crippen LogP contribution in [0.4, 0.5) is 0 Å². The summed E-state index contributed by atoms with van der Waals surface area (Å²) in [6.45, 7) is 8.63. The van der Waals surface area contributed by atoms with Crippen LogP contribution in [0.15, 0.2) is 12.7 Å². The molecule has 0 aromatic carbocycles. The van der Waals surface area contributed by atoms with Crippen LogP contribution in [0.2, 0.25) is 0 Å². The zero-order valence-corrected chi connectivity index (χ0v) is 14.8. The Labute approximate surface area is 140 Å². The lowest BCUT2D eigenvalue weighted by Crippen LogP contribution is -2.55. The summed E-state index contributed by atoms with van der Waals surface area (Å²) in [5.74, 6) is 3.31. The topological polar surface area (TPSA) is 37.3 Å². The number of ketones is 1. The molecule has 0 radical (unpaired) electrons. The van der Waals surface area contributed by atoms with Gasteiger partial charge in [-0.2, -0.15) is 0 Å². The maximum atomic E-state index is 12.4. The van der Waals surface area contributed by atoms with Crippen LogP contribution in [0.25, 0.3) is 0 Å². The van der Waals surface area contributed by atoms with Gasteiger partial charge in [-0.1, -0.05) is 19.9 Å². The fourth-order valence-electron chi connectivity index (χ4n) is 7.23. The van der Waals surface area contributed by atoms with Crippen molar-refractivity contribution in [3.8, 4) is 0 Å². The second-order valence-corrected chi connectivity index (χ2v) is 9.59. The van der Waals surface area contributed by atoms with E-state index in [-0.39, 0.29) is 5.41 Å². The van der Waals surface area contributed by atoms with Crippen molar-refractivity contribution in [3.63, 3.8) is 0 Å². The first-order chi connectivity index (χ1) is 10.8. The van der Waals surface area contributed by atoms with Crippen molar-refractivity contribution in [1.82, 2.24) is 0 Å². The lowest BCUT2D eigenvalue weighted by atomic mass is 9.44. The van der Waals surface area contributed by atoms with Crippen LogP contribution in [-0.2, 0) is 4.79 Å². The average molecular weight is 316 g/mol. The minimum atomic E-state index is -0.635. The summed E-state index contributed by atoms with van der Waals surface area (Å²) in [7, 11) is 0. The Morgan fingerprint density at radius 3 is 2.61 bits per heavy atom. The van der Waals surface area contributed by atoms with Gasteiger partial charge in [0.25, 0.3) is 0 Å². The molecular formula is C21H32O2. The highest BCUT2D eigenvalue weighted by molar-refractivity contribution is 5.87. The normalized spacial score (nSPS) is 55.7. The van der Waals surface area contributed by atoms with Gasteiger partial charge in [0.15, 0.2) is 0 Å². The second-order valence-electron chi connectivity index (χ2n) is 9.59. The molecule has 0 aromatic rings. The molecule has 2 heteroatoms. The molecule has 0 bridgehead atoms. The number of rotatable bonds is 1. The highest BCUT2D eigenvalue weighted by Gasteiger charge is 2.60. The Hall–Kier alpha value is -0.630. The Morgan fingerprint density at radius 1 is 1.09 bits per heavy atom. The number of Topliss-reactive ketones (excluding diaryl/α,β-unsaturated/α-hetero) is 1. The predicted molar refractivity (Wildman–Crippen MR) is 91.9 cm³/mol. The first-order valence-electron chi connectivity index (χ1n) is 9.72. The molecule has 23 heavy (non-hydrogen) atoms. The van der Waals surface area contributed by atoms with Gasteiger partial charge in [-0.25, -0.2) is 0 Å². The lowest BCUT2D eigenvalue weighted by Gasteiger charge is -2.61. The quantitative estimate of drug-likeness (QED) is 0.722. The third kappa shape index (κ3) is 2.06. The van der Waals surface area contributed by atoms with Crippen molar-refractivity contribution in [2.45, 2.75) is 77.2 Å². The van der Waals surface area contributed by atoms with Gasteiger partial charge in [-0.3, -0.25) is 4.79 Å². The highest BCUT2D eigenvalue weighted by Crippen LogP contribution is 2.66. The van der Waals surface area contributed by atoms with Crippen molar-refractivity contribution in [1.29, 1.82) is 0 Å². The van der Waals surface area contributed by atoms with Gasteiger partial charge >= 0.3 is 0 Å². The van der Waals surface area contributed by atoms with Crippen LogP contribution in [-0.4, -0.2) is 16.5 Å². The molecule has 4 rings (SSSR count). The summed E-state index contributed by atoms with van der Waals surface area (Å²) in [6.07, 6.45) is 11.5. The van der Waals surface area contributed by atoms with E-state index in [1.165, 1.54) is 19.3 Å². The fraction of sp³-hybridized carbons (Fsp3) is 0.857. The van der Waals surface area contributed by atoms with Crippen molar-refractivity contribution in [2.24, 2.45) is 34.5 Å². The van der Waals surface area contributed by atoms with Crippen molar-refractivity contribution in [2.75, 3.05) is 0 Å². The van der Waals surface area contributed by atoms with E-state index >= 15 is 0 Å². The Bertz CT molecular complexity index is 540. The van der Waals surface area contributed by atoms with Gasteiger partial charge in [0.2, 0.25) is 0 Å². The number of carbonyl (C=O) groups excluding carboxylic acids is 1. The van der Waals surface area contributed by atoms with Crippen LogP contribution in [0.5, 0.6) is 0 Å². The fourth-order valence-corrected chi connectivity index (χ4v) is 7.23. The zero-order valence-electron chi connectivity index (χ0n) is 14.8. The third-order valence-corrected chi connectivity index (χ3v) is 8.85. The summed E-state index contributed by atoms with van der Waals surface area (Å²) in [5.41, 5.74) is -0.282. The Balaban J connectivity index is 1.62. The molecule has 4 aliphatic rings. The smallest absolute Gasteiger partial charge is 0.139 e. The molecule has 4 aliphatic carbocycles. The van der Waals surface area contributed by atoms with Gasteiger partial charge in [0.05, 0.1) is 5.60 Å². The lowest BCUT2D eigenvalue weighted by molar-refractivity contribution is -0.147. The molecule has 2 nitrogen and oxygen atoms in total. The maximum Gasteiger partial charge on any atom is 0.139 e. The van der Waals surface area contributed by atoms with Crippen LogP contribution < -0.4 is 0 Å². The highest BCUT2D eigenvalue weighted by atomic mass is 16.3. The first kappa shape index (κ1) is 15.9. The Kier molecular flexibility index (Phi) is 3.41. The van der Waals surface area contributed by atoms with Crippen LogP contribution >= 0.6 is 0 Å². The van der Waals surface area contributed by atoms with Crippen LogP contribution in [0, 0.1) is 34.5 Å². The predicted octanol–water partition coefficient (Wildman–Crippen LogP) is 4.52. The molecule has 128 valence electrons. The van der Waals surface area contributed by atoms with Gasteiger partial charge < -0.3 is 5.11 Å². The molecule has 0 aromatic heterocycles. The van der Waals surface area contributed by atoms with Gasteiger partial charge in [-0.05, 0) is 80.5 Å². The van der Waals surface area contributed by atoms with E-state index in [0.717, 1.165) is 50.4 Å². The summed E-state index contributed by atoms with van der Waals surface area (Å²) in [5, 5.41) is 10.7. The van der Waals surface area contributed by atoms with Crippen molar-refractivity contribution in [3.05, 3.63) is 12.7 Å². The molecule has 0 spiro atoms. The van der Waals surface area contributed by atoms with E-state index in [2.05, 4.69) is 20.4 Å². The molecule has 0 aliphatic heterocycles. The molecule has 0 heterocycles. The maximum absolute atomic E-state index is 12.4. The van der Waals surface area contributed by atoms with E-state index in [9.17, 15) is 9.90 Å². The summed E-state index contributed by atoms with van der Waals surface area (Å²) < 4.78 is 0. The van der Waals surface area contributed by atoms with E-state index in [0.29, 0.717) is 23.0 Å². The monoisotopic (exact) mass is 316 g/mol. The summed E-state index contributed by atoms with van der Waals surface area (Å²) in [4.78, 5) is 12.4. The molecule has 4 saturated carbocycles. The number of carbonyl (C=O) groups is 1. The molecule has 7 atom stereocenters. The third-order valence-electron chi connectivity index (χ3n) is 8.85. The first-order valence-corrected chi connectivity index (χ1v) is 9.72. The largest absolute Gasteiger partial charge is 0.386 e. The standard InChI is InChI=1S/C21H32O2/c1-4-21(23)12-11-19(2)14(13-21)5-6-15-16-7-8-18(22)20(16,3)10-9-17(15)19/h4,14-17,23H,1,5-13H2,2-3H3/t14-,15+,16+,17-,19-,20-,21-/m0/s1. The van der Waals surface area contributed by atoms with Crippen LogP contribution in [0.1, 0.15) is 71.6 Å². The molecule has 0 unspecified atom stereocenters. The summed E-state index contributed by atoms with van der Waals surface area (Å²) in [6, 6.07) is 0. The molecule has 0 amide bonds. The van der Waals surface area contributed by atoms with Gasteiger partial charge in [-0.15, -0.1) is 6.58 Å². The second kappa shape index (κ2) is 4.94. The van der Waals surface area contributed by atoms with Gasteiger partial charge in [0.1, 0.15) is 5.78 Å². The van der Waals surface area contributed by atoms with E-state index in [1.54, 1.807) is 6.08 Å². The summed E-state index contributed by atoms with van der Waals surface area (Å²) >= 11 is 0. The number of hydrogen-bond acceptors (Lipinski definition) is 2. The van der Waals surface area contributed by atoms with Gasteiger partial charge in [0, 0.05) is 11.8 Å². The molecular weight excluding hydrogens is 284 g/mol. The Morgan fingerprint density at radius 2 is 1.87 bits per heavy atom.